The third-order valence-corrected chi connectivity index (χ3v) is 5.89. The van der Waals surface area contributed by atoms with Gasteiger partial charge in [-0.25, -0.2) is 0 Å². The Morgan fingerprint density at radius 1 is 1.30 bits per heavy atom. The minimum absolute atomic E-state index is 0.300. The summed E-state index contributed by atoms with van der Waals surface area (Å²) in [4.78, 5) is 0. The molecule has 0 aliphatic heterocycles. The predicted molar refractivity (Wildman–Crippen MR) is 79.0 cm³/mol. The van der Waals surface area contributed by atoms with Crippen LogP contribution >= 0.6 is 0 Å². The molecule has 0 spiro atoms. The van der Waals surface area contributed by atoms with E-state index in [9.17, 15) is 0 Å². The van der Waals surface area contributed by atoms with Gasteiger partial charge in [-0.05, 0) is 73.5 Å². The molecule has 5 atom stereocenters. The molecule has 3 fully saturated rings. The van der Waals surface area contributed by atoms with Crippen molar-refractivity contribution in [3.05, 3.63) is 29.8 Å². The zero-order valence-corrected chi connectivity index (χ0v) is 12.1. The molecule has 2 bridgehead atoms. The van der Waals surface area contributed by atoms with Gasteiger partial charge in [-0.15, -0.1) is 0 Å². The highest BCUT2D eigenvalue weighted by molar-refractivity contribution is 5.33. The molecule has 3 saturated carbocycles. The van der Waals surface area contributed by atoms with Crippen molar-refractivity contribution >= 4 is 0 Å². The van der Waals surface area contributed by atoms with Crippen LogP contribution in [0.2, 0.25) is 0 Å². The molecule has 3 heteroatoms. The first-order valence-electron chi connectivity index (χ1n) is 8.02. The lowest BCUT2D eigenvalue weighted by molar-refractivity contribution is 0.337. The summed E-state index contributed by atoms with van der Waals surface area (Å²) >= 11 is 0. The summed E-state index contributed by atoms with van der Waals surface area (Å²) in [6.45, 7) is 2.73. The Balaban J connectivity index is 1.56. The fourth-order valence-corrected chi connectivity index (χ4v) is 5.23. The third kappa shape index (κ3) is 1.80. The quantitative estimate of drug-likeness (QED) is 0.640. The SMILES string of the molecule is CCOc1cccc(C(NN)C2C3C4CCC(C4)C32)c1. The Morgan fingerprint density at radius 2 is 2.05 bits per heavy atom. The topological polar surface area (TPSA) is 47.3 Å². The Labute approximate surface area is 120 Å². The molecule has 108 valence electrons. The lowest BCUT2D eigenvalue weighted by Crippen LogP contribution is -2.31. The van der Waals surface area contributed by atoms with Crippen LogP contribution in [0, 0.1) is 29.6 Å². The summed E-state index contributed by atoms with van der Waals surface area (Å²) in [5, 5.41) is 0. The standard InChI is InChI=1S/C17H24N2O/c1-2-20-13-5-3-4-12(9-13)17(19-18)16-14-10-6-7-11(8-10)15(14)16/h3-5,9-11,14-17,19H,2,6-8,18H2,1H3. The van der Waals surface area contributed by atoms with E-state index < -0.39 is 0 Å². The molecule has 3 aliphatic rings. The molecule has 1 aromatic rings. The summed E-state index contributed by atoms with van der Waals surface area (Å²) in [6.07, 6.45) is 4.40. The smallest absolute Gasteiger partial charge is 0.119 e. The Morgan fingerprint density at radius 3 is 2.70 bits per heavy atom. The van der Waals surface area contributed by atoms with Gasteiger partial charge in [-0.1, -0.05) is 12.1 Å². The maximum Gasteiger partial charge on any atom is 0.119 e. The molecule has 0 amide bonds. The molecule has 0 heterocycles. The largest absolute Gasteiger partial charge is 0.494 e. The van der Waals surface area contributed by atoms with E-state index in [1.54, 1.807) is 0 Å². The molecule has 4 rings (SSSR count). The van der Waals surface area contributed by atoms with Crippen LogP contribution in [-0.4, -0.2) is 6.61 Å². The van der Waals surface area contributed by atoms with Crippen molar-refractivity contribution in [1.82, 2.24) is 5.43 Å². The van der Waals surface area contributed by atoms with Crippen molar-refractivity contribution in [2.75, 3.05) is 6.61 Å². The fraction of sp³-hybridized carbons (Fsp3) is 0.647. The van der Waals surface area contributed by atoms with Gasteiger partial charge < -0.3 is 4.74 Å². The van der Waals surface area contributed by atoms with E-state index in [-0.39, 0.29) is 0 Å². The number of hydrogen-bond donors (Lipinski definition) is 2. The fourth-order valence-electron chi connectivity index (χ4n) is 5.23. The summed E-state index contributed by atoms with van der Waals surface area (Å²) in [7, 11) is 0. The third-order valence-electron chi connectivity index (χ3n) is 5.89. The van der Waals surface area contributed by atoms with Crippen molar-refractivity contribution in [1.29, 1.82) is 0 Å². The van der Waals surface area contributed by atoms with Crippen molar-refractivity contribution in [2.45, 2.75) is 32.2 Å². The molecule has 20 heavy (non-hydrogen) atoms. The molecule has 3 N–H and O–H groups in total. The monoisotopic (exact) mass is 272 g/mol. The van der Waals surface area contributed by atoms with E-state index in [1.807, 2.05) is 13.0 Å². The number of nitrogens with two attached hydrogens (primary N) is 1. The van der Waals surface area contributed by atoms with E-state index in [0.717, 1.165) is 35.3 Å². The highest BCUT2D eigenvalue weighted by atomic mass is 16.5. The van der Waals surface area contributed by atoms with Crippen LogP contribution in [-0.2, 0) is 0 Å². The van der Waals surface area contributed by atoms with Gasteiger partial charge in [0.05, 0.1) is 6.61 Å². The Bertz CT molecular complexity index is 488. The lowest BCUT2D eigenvalue weighted by Gasteiger charge is -2.20. The second-order valence-corrected chi connectivity index (χ2v) is 6.72. The second-order valence-electron chi connectivity index (χ2n) is 6.72. The van der Waals surface area contributed by atoms with Gasteiger partial charge in [0.15, 0.2) is 0 Å². The summed E-state index contributed by atoms with van der Waals surface area (Å²) < 4.78 is 5.62. The molecular weight excluding hydrogens is 248 g/mol. The highest BCUT2D eigenvalue weighted by Crippen LogP contribution is 2.72. The first-order chi connectivity index (χ1) is 9.83. The number of benzene rings is 1. The van der Waals surface area contributed by atoms with Crippen molar-refractivity contribution in [3.8, 4) is 5.75 Å². The first kappa shape index (κ1) is 12.7. The van der Waals surface area contributed by atoms with Gasteiger partial charge in [0.1, 0.15) is 5.75 Å². The summed E-state index contributed by atoms with van der Waals surface area (Å²) in [6, 6.07) is 8.75. The first-order valence-corrected chi connectivity index (χ1v) is 8.02. The van der Waals surface area contributed by atoms with Crippen LogP contribution in [0.5, 0.6) is 5.75 Å². The number of rotatable bonds is 5. The van der Waals surface area contributed by atoms with E-state index in [0.29, 0.717) is 12.6 Å². The van der Waals surface area contributed by atoms with Gasteiger partial charge in [-0.2, -0.15) is 0 Å². The molecule has 3 aliphatic carbocycles. The molecule has 3 nitrogen and oxygen atoms in total. The predicted octanol–water partition coefficient (Wildman–Crippen LogP) is 2.88. The van der Waals surface area contributed by atoms with Gasteiger partial charge in [0.25, 0.3) is 0 Å². The summed E-state index contributed by atoms with van der Waals surface area (Å²) in [5.41, 5.74) is 4.38. The number of nitrogens with one attached hydrogen (secondary N) is 1. The summed E-state index contributed by atoms with van der Waals surface area (Å²) in [5.74, 6) is 11.4. The van der Waals surface area contributed by atoms with Crippen molar-refractivity contribution in [2.24, 2.45) is 35.4 Å². The molecule has 0 aromatic heterocycles. The van der Waals surface area contributed by atoms with Crippen molar-refractivity contribution in [3.63, 3.8) is 0 Å². The second kappa shape index (κ2) is 4.74. The van der Waals surface area contributed by atoms with Gasteiger partial charge >= 0.3 is 0 Å². The normalized spacial score (nSPS) is 38.6. The van der Waals surface area contributed by atoms with Gasteiger partial charge in [0, 0.05) is 6.04 Å². The zero-order chi connectivity index (χ0) is 13.7. The lowest BCUT2D eigenvalue weighted by atomic mass is 9.93. The van der Waals surface area contributed by atoms with Crippen LogP contribution in [0.4, 0.5) is 0 Å². The van der Waals surface area contributed by atoms with Gasteiger partial charge in [-0.3, -0.25) is 11.3 Å². The highest BCUT2D eigenvalue weighted by Gasteiger charge is 2.66. The number of hydrazine groups is 1. The molecular formula is C17H24N2O. The molecule has 0 saturated heterocycles. The number of hydrogen-bond acceptors (Lipinski definition) is 3. The Hall–Kier alpha value is -1.06. The number of fused-ring (bicyclic) bond motifs is 5. The van der Waals surface area contributed by atoms with Crippen molar-refractivity contribution < 1.29 is 4.74 Å². The Kier molecular flexibility index (Phi) is 3.00. The van der Waals surface area contributed by atoms with E-state index >= 15 is 0 Å². The molecule has 1 aromatic carbocycles. The van der Waals surface area contributed by atoms with Crippen LogP contribution in [0.1, 0.15) is 37.8 Å². The zero-order valence-electron chi connectivity index (χ0n) is 12.1. The maximum absolute atomic E-state index is 5.89. The van der Waals surface area contributed by atoms with Gasteiger partial charge in [0.2, 0.25) is 0 Å². The average Bonchev–Trinajstić information content (AvgIpc) is 2.89. The van der Waals surface area contributed by atoms with Crippen LogP contribution in [0.25, 0.3) is 0 Å². The maximum atomic E-state index is 5.89. The van der Waals surface area contributed by atoms with Crippen LogP contribution < -0.4 is 16.0 Å². The number of ether oxygens (including phenoxy) is 1. The van der Waals surface area contributed by atoms with E-state index in [4.69, 9.17) is 10.6 Å². The minimum Gasteiger partial charge on any atom is -0.494 e. The molecule has 5 unspecified atom stereocenters. The molecule has 0 radical (unpaired) electrons. The minimum atomic E-state index is 0.300. The average molecular weight is 272 g/mol. The van der Waals surface area contributed by atoms with Crippen LogP contribution in [0.15, 0.2) is 24.3 Å². The van der Waals surface area contributed by atoms with E-state index in [1.165, 1.54) is 24.8 Å². The van der Waals surface area contributed by atoms with E-state index in [2.05, 4.69) is 23.6 Å². The van der Waals surface area contributed by atoms with Crippen LogP contribution in [0.3, 0.4) is 0 Å².